The summed E-state index contributed by atoms with van der Waals surface area (Å²) in [6.45, 7) is 4.22. The molecular formula is C23H30N2O2. The predicted molar refractivity (Wildman–Crippen MR) is 108 cm³/mol. The molecule has 144 valence electrons. The first kappa shape index (κ1) is 19.5. The molecule has 4 heteroatoms. The first-order valence-corrected chi connectivity index (χ1v) is 10.4. The largest absolute Gasteiger partial charge is 0.427 e. The van der Waals surface area contributed by atoms with E-state index in [1.807, 2.05) is 37.4 Å². The van der Waals surface area contributed by atoms with Crippen LogP contribution in [0.15, 0.2) is 30.5 Å². The molecule has 1 heterocycles. The molecule has 0 aliphatic heterocycles. The summed E-state index contributed by atoms with van der Waals surface area (Å²) in [5, 5.41) is 0. The first-order chi connectivity index (χ1) is 13.2. The van der Waals surface area contributed by atoms with Crippen LogP contribution in [0, 0.1) is 5.92 Å². The Kier molecular flexibility index (Phi) is 6.97. The molecule has 27 heavy (non-hydrogen) atoms. The van der Waals surface area contributed by atoms with Crippen LogP contribution in [-0.4, -0.2) is 15.9 Å². The Labute approximate surface area is 162 Å². The van der Waals surface area contributed by atoms with Gasteiger partial charge in [-0.3, -0.25) is 4.79 Å². The lowest BCUT2D eigenvalue weighted by Gasteiger charge is -2.23. The van der Waals surface area contributed by atoms with Crippen molar-refractivity contribution in [3.8, 4) is 17.1 Å². The van der Waals surface area contributed by atoms with Crippen molar-refractivity contribution in [1.82, 2.24) is 9.97 Å². The fraction of sp³-hybridized carbons (Fsp3) is 0.522. The van der Waals surface area contributed by atoms with Crippen molar-refractivity contribution < 1.29 is 9.53 Å². The van der Waals surface area contributed by atoms with Crippen LogP contribution in [-0.2, 0) is 17.6 Å². The number of rotatable bonds is 8. The molecular weight excluding hydrogens is 336 g/mol. The van der Waals surface area contributed by atoms with Crippen molar-refractivity contribution >= 4 is 5.97 Å². The predicted octanol–water partition coefficient (Wildman–Crippen LogP) is 5.53. The standard InChI is InChI=1S/C23H30N2O2/c1-3-5-6-8-17-9-14-21-19(15-17)16-24-23(25-21)18-10-12-20(13-11-18)27-22(26)7-4-2/h10-13,16-17H,3-9,14-15H2,1-2H3. The van der Waals surface area contributed by atoms with Gasteiger partial charge >= 0.3 is 5.97 Å². The number of ether oxygens (including phenoxy) is 1. The van der Waals surface area contributed by atoms with E-state index in [1.54, 1.807) is 0 Å². The third-order valence-corrected chi connectivity index (χ3v) is 5.27. The van der Waals surface area contributed by atoms with Crippen LogP contribution in [0.5, 0.6) is 5.75 Å². The minimum absolute atomic E-state index is 0.191. The summed E-state index contributed by atoms with van der Waals surface area (Å²) in [5.41, 5.74) is 3.47. The van der Waals surface area contributed by atoms with Crippen LogP contribution >= 0.6 is 0 Å². The van der Waals surface area contributed by atoms with Crippen LogP contribution in [0.3, 0.4) is 0 Å². The van der Waals surface area contributed by atoms with Gasteiger partial charge in [0.1, 0.15) is 5.75 Å². The highest BCUT2D eigenvalue weighted by Gasteiger charge is 2.20. The Morgan fingerprint density at radius 1 is 1.15 bits per heavy atom. The molecule has 0 fully saturated rings. The van der Waals surface area contributed by atoms with Crippen LogP contribution < -0.4 is 4.74 Å². The second-order valence-electron chi connectivity index (χ2n) is 7.52. The molecule has 0 saturated carbocycles. The number of esters is 1. The summed E-state index contributed by atoms with van der Waals surface area (Å²) < 4.78 is 5.31. The Balaban J connectivity index is 1.64. The van der Waals surface area contributed by atoms with Gasteiger partial charge in [0.05, 0.1) is 0 Å². The van der Waals surface area contributed by atoms with Gasteiger partial charge in [-0.05, 0) is 61.4 Å². The van der Waals surface area contributed by atoms with Gasteiger partial charge in [0.2, 0.25) is 0 Å². The highest BCUT2D eigenvalue weighted by molar-refractivity contribution is 5.72. The maximum atomic E-state index is 11.6. The molecule has 4 nitrogen and oxygen atoms in total. The third-order valence-electron chi connectivity index (χ3n) is 5.27. The SMILES string of the molecule is CCCCCC1CCc2nc(-c3ccc(OC(=O)CCC)cc3)ncc2C1. The molecule has 1 atom stereocenters. The maximum Gasteiger partial charge on any atom is 0.311 e. The normalized spacial score (nSPS) is 16.0. The second-order valence-corrected chi connectivity index (χ2v) is 7.52. The quantitative estimate of drug-likeness (QED) is 0.350. The number of unbranched alkanes of at least 4 members (excludes halogenated alkanes) is 2. The molecule has 1 aromatic heterocycles. The minimum Gasteiger partial charge on any atom is -0.427 e. The Morgan fingerprint density at radius 3 is 2.70 bits per heavy atom. The van der Waals surface area contributed by atoms with E-state index >= 15 is 0 Å². The monoisotopic (exact) mass is 366 g/mol. The molecule has 1 aliphatic rings. The zero-order valence-corrected chi connectivity index (χ0v) is 16.5. The van der Waals surface area contributed by atoms with Crippen LogP contribution in [0.1, 0.15) is 70.1 Å². The molecule has 0 bridgehead atoms. The van der Waals surface area contributed by atoms with Crippen molar-refractivity contribution in [1.29, 1.82) is 0 Å². The van der Waals surface area contributed by atoms with Gasteiger partial charge in [-0.25, -0.2) is 9.97 Å². The van der Waals surface area contributed by atoms with Gasteiger partial charge < -0.3 is 4.74 Å². The van der Waals surface area contributed by atoms with Crippen molar-refractivity contribution in [2.75, 3.05) is 0 Å². The van der Waals surface area contributed by atoms with Gasteiger partial charge in [0.15, 0.2) is 5.82 Å². The average Bonchev–Trinajstić information content (AvgIpc) is 2.68. The molecule has 0 radical (unpaired) electrons. The maximum absolute atomic E-state index is 11.6. The molecule has 3 rings (SSSR count). The highest BCUT2D eigenvalue weighted by Crippen LogP contribution is 2.29. The lowest BCUT2D eigenvalue weighted by molar-refractivity contribution is -0.134. The highest BCUT2D eigenvalue weighted by atomic mass is 16.5. The fourth-order valence-corrected chi connectivity index (χ4v) is 3.71. The Morgan fingerprint density at radius 2 is 1.96 bits per heavy atom. The lowest BCUT2D eigenvalue weighted by Crippen LogP contribution is -2.16. The van der Waals surface area contributed by atoms with E-state index in [0.717, 1.165) is 36.6 Å². The smallest absolute Gasteiger partial charge is 0.311 e. The number of benzene rings is 1. The van der Waals surface area contributed by atoms with Gasteiger partial charge in [0.25, 0.3) is 0 Å². The van der Waals surface area contributed by atoms with Crippen molar-refractivity contribution in [2.24, 2.45) is 5.92 Å². The summed E-state index contributed by atoms with van der Waals surface area (Å²) in [7, 11) is 0. The number of aromatic nitrogens is 2. The van der Waals surface area contributed by atoms with Crippen LogP contribution in [0.4, 0.5) is 0 Å². The van der Waals surface area contributed by atoms with Gasteiger partial charge in [0, 0.05) is 23.9 Å². The molecule has 1 unspecified atom stereocenters. The molecule has 0 amide bonds. The number of carbonyl (C=O) groups is 1. The Bertz CT molecular complexity index is 755. The van der Waals surface area contributed by atoms with E-state index in [4.69, 9.17) is 9.72 Å². The topological polar surface area (TPSA) is 52.1 Å². The number of aryl methyl sites for hydroxylation is 1. The Hall–Kier alpha value is -2.23. The van der Waals surface area contributed by atoms with Crippen molar-refractivity contribution in [3.63, 3.8) is 0 Å². The van der Waals surface area contributed by atoms with E-state index in [-0.39, 0.29) is 5.97 Å². The number of fused-ring (bicyclic) bond motifs is 1. The summed E-state index contributed by atoms with van der Waals surface area (Å²) in [5.74, 6) is 1.93. The molecule has 0 saturated heterocycles. The average molecular weight is 367 g/mol. The molecule has 1 aromatic carbocycles. The van der Waals surface area contributed by atoms with E-state index in [1.165, 1.54) is 43.4 Å². The van der Waals surface area contributed by atoms with Gasteiger partial charge in [-0.1, -0.05) is 39.5 Å². The summed E-state index contributed by atoms with van der Waals surface area (Å²) >= 11 is 0. The molecule has 2 aromatic rings. The van der Waals surface area contributed by atoms with Crippen molar-refractivity contribution in [3.05, 3.63) is 41.7 Å². The number of nitrogens with zero attached hydrogens (tertiary/aromatic N) is 2. The molecule has 1 aliphatic carbocycles. The number of carbonyl (C=O) groups excluding carboxylic acids is 1. The molecule has 0 spiro atoms. The van der Waals surface area contributed by atoms with Crippen molar-refractivity contribution in [2.45, 2.75) is 71.6 Å². The van der Waals surface area contributed by atoms with Crippen LogP contribution in [0.25, 0.3) is 11.4 Å². The zero-order valence-electron chi connectivity index (χ0n) is 16.5. The summed E-state index contributed by atoms with van der Waals surface area (Å²) in [4.78, 5) is 21.0. The number of hydrogen-bond acceptors (Lipinski definition) is 4. The summed E-state index contributed by atoms with van der Waals surface area (Å²) in [6.07, 6.45) is 11.9. The number of hydrogen-bond donors (Lipinski definition) is 0. The lowest BCUT2D eigenvalue weighted by atomic mass is 9.84. The van der Waals surface area contributed by atoms with E-state index in [9.17, 15) is 4.79 Å². The van der Waals surface area contributed by atoms with Gasteiger partial charge in [-0.15, -0.1) is 0 Å². The van der Waals surface area contributed by atoms with E-state index < -0.39 is 0 Å². The second kappa shape index (κ2) is 9.63. The van der Waals surface area contributed by atoms with Crippen LogP contribution in [0.2, 0.25) is 0 Å². The fourth-order valence-electron chi connectivity index (χ4n) is 3.71. The van der Waals surface area contributed by atoms with E-state index in [2.05, 4.69) is 11.9 Å². The molecule has 0 N–H and O–H groups in total. The van der Waals surface area contributed by atoms with E-state index in [0.29, 0.717) is 12.2 Å². The minimum atomic E-state index is -0.191. The first-order valence-electron chi connectivity index (χ1n) is 10.4. The third kappa shape index (κ3) is 5.38. The summed E-state index contributed by atoms with van der Waals surface area (Å²) in [6, 6.07) is 7.48. The van der Waals surface area contributed by atoms with Gasteiger partial charge in [-0.2, -0.15) is 0 Å². The zero-order chi connectivity index (χ0) is 19.1.